The summed E-state index contributed by atoms with van der Waals surface area (Å²) in [6.07, 6.45) is 0. The molecule has 0 aliphatic carbocycles. The second-order valence-corrected chi connectivity index (χ2v) is 6.45. The molecule has 0 spiro atoms. The summed E-state index contributed by atoms with van der Waals surface area (Å²) in [4.78, 5) is 17.5. The third-order valence-corrected chi connectivity index (χ3v) is 4.71. The molecule has 0 saturated carbocycles. The third-order valence-electron chi connectivity index (χ3n) is 4.71. The maximum absolute atomic E-state index is 11.0. The van der Waals surface area contributed by atoms with E-state index in [0.29, 0.717) is 11.3 Å². The molecule has 1 aromatic carbocycles. The predicted molar refractivity (Wildman–Crippen MR) is 78.6 cm³/mol. The van der Waals surface area contributed by atoms with Crippen LogP contribution >= 0.6 is 0 Å². The Bertz CT molecular complexity index is 624. The second-order valence-electron chi connectivity index (χ2n) is 6.45. The quantitative estimate of drug-likeness (QED) is 0.380. The molecule has 0 unspecified atom stereocenters. The molecule has 8 nitrogen and oxygen atoms in total. The number of rotatable bonds is 3. The minimum atomic E-state index is -0.422. The molecular formula is C14H17N5O3. The molecule has 0 atom stereocenters. The van der Waals surface area contributed by atoms with Crippen LogP contribution in [-0.2, 0) is 0 Å². The first-order valence-corrected chi connectivity index (χ1v) is 7.24. The number of nitro groups is 1. The number of nitrogens with zero attached hydrogens (tertiary/aromatic N) is 5. The predicted octanol–water partition coefficient (Wildman–Crippen LogP) is 0.579. The first-order chi connectivity index (χ1) is 10.6. The van der Waals surface area contributed by atoms with Gasteiger partial charge in [0.1, 0.15) is 0 Å². The van der Waals surface area contributed by atoms with Gasteiger partial charge in [-0.15, -0.1) is 0 Å². The Morgan fingerprint density at radius 3 is 2.27 bits per heavy atom. The Balaban J connectivity index is 1.74. The highest BCUT2D eigenvalue weighted by atomic mass is 16.6. The normalized spacial score (nSPS) is 36.5. The smallest absolute Gasteiger partial charge is 0.270 e. The summed E-state index contributed by atoms with van der Waals surface area (Å²) in [5.74, 6) is 0. The first kappa shape index (κ1) is 13.6. The molecule has 116 valence electrons. The van der Waals surface area contributed by atoms with Gasteiger partial charge in [0, 0.05) is 37.3 Å². The highest BCUT2D eigenvalue weighted by molar-refractivity contribution is 6.05. The number of oxime groups is 1. The van der Waals surface area contributed by atoms with Crippen LogP contribution in [0.25, 0.3) is 0 Å². The number of hydrogen-bond acceptors (Lipinski definition) is 7. The van der Waals surface area contributed by atoms with Gasteiger partial charge in [-0.3, -0.25) is 24.8 Å². The Morgan fingerprint density at radius 2 is 1.77 bits per heavy atom. The Labute approximate surface area is 127 Å². The number of non-ortho nitro benzene ring substituents is 1. The van der Waals surface area contributed by atoms with Gasteiger partial charge in [-0.1, -0.05) is 17.3 Å². The molecule has 4 aliphatic heterocycles. The summed E-state index contributed by atoms with van der Waals surface area (Å²) in [7, 11) is 0. The van der Waals surface area contributed by atoms with Crippen molar-refractivity contribution in [3.8, 4) is 0 Å². The molecule has 4 fully saturated rings. The van der Waals surface area contributed by atoms with Crippen molar-refractivity contribution < 1.29 is 10.1 Å². The molecular weight excluding hydrogens is 286 g/mol. The van der Waals surface area contributed by atoms with Gasteiger partial charge >= 0.3 is 0 Å². The maximum atomic E-state index is 11.0. The summed E-state index contributed by atoms with van der Waals surface area (Å²) in [6, 6.07) is 6.36. The van der Waals surface area contributed by atoms with Gasteiger partial charge in [0.05, 0.1) is 36.1 Å². The fourth-order valence-corrected chi connectivity index (χ4v) is 4.18. The van der Waals surface area contributed by atoms with Crippen LogP contribution in [0.4, 0.5) is 5.69 Å². The van der Waals surface area contributed by atoms with E-state index in [4.69, 9.17) is 0 Å². The van der Waals surface area contributed by atoms with Gasteiger partial charge in [0.25, 0.3) is 5.69 Å². The molecule has 1 aromatic rings. The van der Waals surface area contributed by atoms with Crippen LogP contribution in [0, 0.1) is 15.5 Å². The zero-order valence-electron chi connectivity index (χ0n) is 12.1. The van der Waals surface area contributed by atoms with Crippen LogP contribution < -0.4 is 0 Å². The van der Waals surface area contributed by atoms with Crippen molar-refractivity contribution in [1.29, 1.82) is 0 Å². The lowest BCUT2D eigenvalue weighted by Gasteiger charge is -2.60. The summed E-state index contributed by atoms with van der Waals surface area (Å²) in [5.41, 5.74) is 0.903. The summed E-state index contributed by atoms with van der Waals surface area (Å²) < 4.78 is 0. The zero-order valence-corrected chi connectivity index (χ0v) is 12.1. The van der Waals surface area contributed by atoms with Crippen molar-refractivity contribution in [2.24, 2.45) is 10.6 Å². The van der Waals surface area contributed by atoms with Crippen molar-refractivity contribution in [1.82, 2.24) is 14.7 Å². The van der Waals surface area contributed by atoms with Gasteiger partial charge in [-0.25, -0.2) is 0 Å². The average Bonchev–Trinajstić information content (AvgIpc) is 2.46. The molecule has 0 radical (unpaired) electrons. The van der Waals surface area contributed by atoms with Crippen molar-refractivity contribution in [3.05, 3.63) is 39.9 Å². The van der Waals surface area contributed by atoms with Crippen molar-refractivity contribution in [2.45, 2.75) is 0 Å². The molecule has 0 amide bonds. The van der Waals surface area contributed by atoms with Crippen molar-refractivity contribution in [3.63, 3.8) is 0 Å². The maximum Gasteiger partial charge on any atom is 0.270 e. The lowest BCUT2D eigenvalue weighted by Crippen LogP contribution is -2.74. The van der Waals surface area contributed by atoms with E-state index in [-0.39, 0.29) is 11.1 Å². The van der Waals surface area contributed by atoms with E-state index in [1.54, 1.807) is 12.1 Å². The fraction of sp³-hybridized carbons (Fsp3) is 0.500. The number of benzene rings is 1. The van der Waals surface area contributed by atoms with Crippen LogP contribution in [-0.4, -0.2) is 70.2 Å². The molecule has 5 rings (SSSR count). The van der Waals surface area contributed by atoms with Gasteiger partial charge in [0.2, 0.25) is 0 Å². The Morgan fingerprint density at radius 1 is 1.18 bits per heavy atom. The van der Waals surface area contributed by atoms with Gasteiger partial charge in [-0.05, 0) is 0 Å². The van der Waals surface area contributed by atoms with E-state index in [1.165, 1.54) is 12.1 Å². The van der Waals surface area contributed by atoms with Gasteiger partial charge < -0.3 is 5.21 Å². The van der Waals surface area contributed by atoms with Crippen LogP contribution in [0.1, 0.15) is 5.56 Å². The van der Waals surface area contributed by atoms with E-state index in [0.717, 1.165) is 39.6 Å². The molecule has 4 bridgehead atoms. The van der Waals surface area contributed by atoms with Gasteiger partial charge in [-0.2, -0.15) is 0 Å². The van der Waals surface area contributed by atoms with E-state index >= 15 is 0 Å². The Hall–Kier alpha value is -2.03. The van der Waals surface area contributed by atoms with E-state index in [9.17, 15) is 15.3 Å². The largest absolute Gasteiger partial charge is 0.411 e. The lowest BCUT2D eigenvalue weighted by atomic mass is 9.74. The van der Waals surface area contributed by atoms with Crippen LogP contribution in [0.15, 0.2) is 29.4 Å². The zero-order chi connectivity index (χ0) is 15.3. The molecule has 4 aliphatic rings. The lowest BCUT2D eigenvalue weighted by molar-refractivity contribution is -0.384. The van der Waals surface area contributed by atoms with Crippen LogP contribution in [0.5, 0.6) is 0 Å². The second kappa shape index (κ2) is 4.73. The number of nitro benzene ring substituents is 1. The van der Waals surface area contributed by atoms with Crippen molar-refractivity contribution >= 4 is 11.4 Å². The van der Waals surface area contributed by atoms with Gasteiger partial charge in [0.15, 0.2) is 0 Å². The first-order valence-electron chi connectivity index (χ1n) is 7.24. The van der Waals surface area contributed by atoms with E-state index in [2.05, 4.69) is 19.9 Å². The highest BCUT2D eigenvalue weighted by Gasteiger charge is 2.52. The molecule has 4 heterocycles. The topological polar surface area (TPSA) is 85.4 Å². The fourth-order valence-electron chi connectivity index (χ4n) is 4.18. The number of hydrogen-bond donors (Lipinski definition) is 1. The van der Waals surface area contributed by atoms with Crippen molar-refractivity contribution in [2.75, 3.05) is 39.6 Å². The molecule has 4 saturated heterocycles. The summed E-state index contributed by atoms with van der Waals surface area (Å²) in [5, 5.41) is 24.2. The van der Waals surface area contributed by atoms with Crippen LogP contribution in [0.2, 0.25) is 0 Å². The van der Waals surface area contributed by atoms with Crippen LogP contribution in [0.3, 0.4) is 0 Å². The standard InChI is InChI=1S/C14H17N5O3/c20-15-13(11-2-1-3-12(4-11)19(21)22)14-5-16-8-17(6-14)10-18(7-14)9-16/h1-4,20H,5-10H2/b15-13+. The summed E-state index contributed by atoms with van der Waals surface area (Å²) in [6.45, 7) is 5.27. The van der Waals surface area contributed by atoms with E-state index in [1.807, 2.05) is 0 Å². The molecule has 0 aromatic heterocycles. The third kappa shape index (κ3) is 1.99. The molecule has 22 heavy (non-hydrogen) atoms. The summed E-state index contributed by atoms with van der Waals surface area (Å²) >= 11 is 0. The Kier molecular flexibility index (Phi) is 2.93. The SMILES string of the molecule is O=[N+]([O-])c1cccc(/C(=N\O)C23CN4CN(CN(C4)C2)C3)c1. The monoisotopic (exact) mass is 303 g/mol. The highest BCUT2D eigenvalue weighted by Crippen LogP contribution is 2.38. The minimum Gasteiger partial charge on any atom is -0.411 e. The molecule has 1 N–H and O–H groups in total. The average molecular weight is 303 g/mol. The minimum absolute atomic E-state index is 0.0179. The van der Waals surface area contributed by atoms with E-state index < -0.39 is 4.92 Å². The molecule has 8 heteroatoms.